The van der Waals surface area contributed by atoms with Gasteiger partial charge in [0.25, 0.3) is 5.56 Å². The lowest BCUT2D eigenvalue weighted by molar-refractivity contribution is -0.119. The lowest BCUT2D eigenvalue weighted by atomic mass is 10.0. The zero-order valence-corrected chi connectivity index (χ0v) is 17.8. The van der Waals surface area contributed by atoms with Gasteiger partial charge in [0.15, 0.2) is 0 Å². The number of nitrogens with zero attached hydrogens (tertiary/aromatic N) is 1. The number of fused-ring (bicyclic) bond motifs is 1. The van der Waals surface area contributed by atoms with Crippen LogP contribution in [0.3, 0.4) is 0 Å². The van der Waals surface area contributed by atoms with E-state index in [1.807, 2.05) is 19.1 Å². The number of carbonyl (C=O) groups excluding carboxylic acids is 2. The van der Waals surface area contributed by atoms with Gasteiger partial charge in [-0.3, -0.25) is 9.59 Å². The van der Waals surface area contributed by atoms with Crippen LogP contribution >= 0.6 is 11.6 Å². The Morgan fingerprint density at radius 3 is 2.58 bits per heavy atom. The number of rotatable bonds is 6. The van der Waals surface area contributed by atoms with Gasteiger partial charge in [0, 0.05) is 37.3 Å². The number of H-pyrrole nitrogens is 1. The van der Waals surface area contributed by atoms with Crippen LogP contribution in [0.1, 0.15) is 25.5 Å². The zero-order chi connectivity index (χ0) is 22.5. The molecule has 0 fully saturated rings. The van der Waals surface area contributed by atoms with Gasteiger partial charge in [-0.05, 0) is 42.1 Å². The van der Waals surface area contributed by atoms with E-state index in [9.17, 15) is 18.8 Å². The quantitative estimate of drug-likeness (QED) is 0.535. The predicted molar refractivity (Wildman–Crippen MR) is 119 cm³/mol. The van der Waals surface area contributed by atoms with Gasteiger partial charge in [-0.15, -0.1) is 0 Å². The van der Waals surface area contributed by atoms with Crippen molar-refractivity contribution in [1.29, 1.82) is 0 Å². The van der Waals surface area contributed by atoms with Crippen LogP contribution in [0.25, 0.3) is 10.8 Å². The molecule has 3 rings (SSSR count). The molecule has 1 atom stereocenters. The zero-order valence-electron chi connectivity index (χ0n) is 17.0. The second-order valence-corrected chi connectivity index (χ2v) is 7.44. The number of aromatic amines is 1. The number of aromatic nitrogens is 1. The minimum atomic E-state index is -0.588. The first-order valence-corrected chi connectivity index (χ1v) is 10.0. The van der Waals surface area contributed by atoms with Gasteiger partial charge in [0.05, 0.1) is 11.1 Å². The van der Waals surface area contributed by atoms with Crippen molar-refractivity contribution in [1.82, 2.24) is 15.2 Å². The van der Waals surface area contributed by atoms with Gasteiger partial charge in [-0.1, -0.05) is 29.8 Å². The van der Waals surface area contributed by atoms with Crippen LogP contribution in [0.2, 0.25) is 5.02 Å². The number of nitrogens with one attached hydrogen (secondary N) is 3. The molecule has 0 aliphatic heterocycles. The minimum Gasteiger partial charge on any atom is -0.355 e. The Bertz CT molecular complexity index is 1180. The Morgan fingerprint density at radius 1 is 1.19 bits per heavy atom. The van der Waals surface area contributed by atoms with Crippen LogP contribution in [-0.4, -0.2) is 34.9 Å². The Hall–Kier alpha value is -3.39. The fourth-order valence-corrected chi connectivity index (χ4v) is 3.52. The molecule has 0 spiro atoms. The first kappa shape index (κ1) is 22.3. The second-order valence-electron chi connectivity index (χ2n) is 7.03. The van der Waals surface area contributed by atoms with Crippen LogP contribution in [0, 0.1) is 5.82 Å². The summed E-state index contributed by atoms with van der Waals surface area (Å²) in [4.78, 5) is 40.8. The van der Waals surface area contributed by atoms with E-state index in [1.54, 1.807) is 18.3 Å². The number of hydrogen-bond donors (Lipinski definition) is 3. The van der Waals surface area contributed by atoms with E-state index in [0.717, 1.165) is 10.9 Å². The molecule has 31 heavy (non-hydrogen) atoms. The van der Waals surface area contributed by atoms with Crippen molar-refractivity contribution < 1.29 is 14.0 Å². The molecular formula is C22H22ClFN4O3. The van der Waals surface area contributed by atoms with Crippen LogP contribution in [-0.2, 0) is 4.79 Å². The van der Waals surface area contributed by atoms with Gasteiger partial charge in [0.2, 0.25) is 5.91 Å². The summed E-state index contributed by atoms with van der Waals surface area (Å²) >= 11 is 5.81. The van der Waals surface area contributed by atoms with E-state index in [-0.39, 0.29) is 29.6 Å². The Morgan fingerprint density at radius 2 is 1.90 bits per heavy atom. The number of anilines is 1. The number of carbonyl (C=O) groups is 2. The van der Waals surface area contributed by atoms with Crippen molar-refractivity contribution in [3.05, 3.63) is 75.4 Å². The van der Waals surface area contributed by atoms with E-state index in [1.165, 1.54) is 30.0 Å². The largest absolute Gasteiger partial charge is 0.355 e. The van der Waals surface area contributed by atoms with Crippen molar-refractivity contribution >= 4 is 40.0 Å². The molecule has 1 heterocycles. The fraction of sp³-hybridized carbons (Fsp3) is 0.227. The first-order chi connectivity index (χ1) is 14.8. The number of urea groups is 1. The Labute approximate surface area is 183 Å². The average Bonchev–Trinajstić information content (AvgIpc) is 2.73. The molecule has 0 saturated heterocycles. The average molecular weight is 445 g/mol. The Kier molecular flexibility index (Phi) is 6.91. The Balaban J connectivity index is 1.93. The number of benzene rings is 2. The third-order valence-electron chi connectivity index (χ3n) is 4.92. The van der Waals surface area contributed by atoms with E-state index in [2.05, 4.69) is 15.6 Å². The van der Waals surface area contributed by atoms with Gasteiger partial charge < -0.3 is 20.5 Å². The highest BCUT2D eigenvalue weighted by Gasteiger charge is 2.24. The smallest absolute Gasteiger partial charge is 0.322 e. The number of amides is 3. The normalized spacial score (nSPS) is 11.7. The maximum Gasteiger partial charge on any atom is 0.322 e. The van der Waals surface area contributed by atoms with E-state index in [0.29, 0.717) is 11.1 Å². The van der Waals surface area contributed by atoms with Crippen molar-refractivity contribution in [2.45, 2.75) is 19.9 Å². The topological polar surface area (TPSA) is 94.3 Å². The van der Waals surface area contributed by atoms with Crippen molar-refractivity contribution in [3.63, 3.8) is 0 Å². The van der Waals surface area contributed by atoms with Crippen LogP contribution in [0.15, 0.2) is 53.5 Å². The summed E-state index contributed by atoms with van der Waals surface area (Å²) in [6.45, 7) is 3.66. The van der Waals surface area contributed by atoms with Crippen molar-refractivity contribution in [2.75, 3.05) is 18.4 Å². The summed E-state index contributed by atoms with van der Waals surface area (Å²) in [5.74, 6) is -0.803. The molecule has 1 aromatic heterocycles. The molecule has 0 saturated carbocycles. The summed E-state index contributed by atoms with van der Waals surface area (Å²) in [6, 6.07) is 10.1. The summed E-state index contributed by atoms with van der Waals surface area (Å²) in [6.07, 6.45) is 1.59. The van der Waals surface area contributed by atoms with Gasteiger partial charge >= 0.3 is 6.03 Å². The van der Waals surface area contributed by atoms with E-state index in [4.69, 9.17) is 11.6 Å². The van der Waals surface area contributed by atoms with Crippen molar-refractivity contribution in [3.8, 4) is 0 Å². The molecule has 0 aliphatic rings. The lowest BCUT2D eigenvalue weighted by Crippen LogP contribution is -2.42. The van der Waals surface area contributed by atoms with E-state index < -0.39 is 17.9 Å². The van der Waals surface area contributed by atoms with Gasteiger partial charge in [-0.2, -0.15) is 0 Å². The third kappa shape index (κ3) is 5.21. The summed E-state index contributed by atoms with van der Waals surface area (Å²) in [5.41, 5.74) is 0.853. The second kappa shape index (κ2) is 9.61. The predicted octanol–water partition coefficient (Wildman–Crippen LogP) is 4.05. The minimum absolute atomic E-state index is 0.109. The first-order valence-electron chi connectivity index (χ1n) is 9.65. The number of pyridine rings is 1. The molecule has 7 nitrogen and oxygen atoms in total. The molecule has 1 unspecified atom stereocenters. The standard InChI is InChI=1S/C22H22ClFN4O3/c1-13(18-12-26-21(30)17-6-4-3-5-16(17)18)28(10-9-25-14(2)29)22(31)27-15-7-8-20(24)19(23)11-15/h3-8,11-13H,9-10H2,1-2H3,(H,25,29)(H,26,30)(H,27,31). The molecule has 3 N–H and O–H groups in total. The van der Waals surface area contributed by atoms with Crippen LogP contribution < -0.4 is 16.2 Å². The molecule has 3 aromatic rings. The van der Waals surface area contributed by atoms with Gasteiger partial charge in [-0.25, -0.2) is 9.18 Å². The molecule has 0 aliphatic carbocycles. The highest BCUT2D eigenvalue weighted by Crippen LogP contribution is 2.27. The number of halogens is 2. The molecule has 2 aromatic carbocycles. The highest BCUT2D eigenvalue weighted by molar-refractivity contribution is 6.31. The monoisotopic (exact) mass is 444 g/mol. The van der Waals surface area contributed by atoms with E-state index >= 15 is 0 Å². The third-order valence-corrected chi connectivity index (χ3v) is 5.21. The summed E-state index contributed by atoms with van der Waals surface area (Å²) in [5, 5.41) is 6.51. The SMILES string of the molecule is CC(=O)NCCN(C(=O)Nc1ccc(F)c(Cl)c1)C(C)c1c[nH]c(=O)c2ccccc12. The molecule has 0 bridgehead atoms. The molecule has 162 valence electrons. The molecule has 3 amide bonds. The highest BCUT2D eigenvalue weighted by atomic mass is 35.5. The number of hydrogen-bond acceptors (Lipinski definition) is 3. The fourth-order valence-electron chi connectivity index (χ4n) is 3.34. The maximum atomic E-state index is 13.4. The molecule has 9 heteroatoms. The van der Waals surface area contributed by atoms with Gasteiger partial charge in [0.1, 0.15) is 5.82 Å². The summed E-state index contributed by atoms with van der Waals surface area (Å²) in [7, 11) is 0. The molecule has 0 radical (unpaired) electrons. The summed E-state index contributed by atoms with van der Waals surface area (Å²) < 4.78 is 13.4. The maximum absolute atomic E-state index is 13.4. The lowest BCUT2D eigenvalue weighted by Gasteiger charge is -2.30. The van der Waals surface area contributed by atoms with Crippen LogP contribution in [0.4, 0.5) is 14.9 Å². The van der Waals surface area contributed by atoms with Crippen molar-refractivity contribution in [2.24, 2.45) is 0 Å². The van der Waals surface area contributed by atoms with Crippen LogP contribution in [0.5, 0.6) is 0 Å². The molecular weight excluding hydrogens is 423 g/mol.